The molecule has 0 unspecified atom stereocenters. The first-order valence-electron chi connectivity index (χ1n) is 7.52. The van der Waals surface area contributed by atoms with E-state index in [0.29, 0.717) is 6.04 Å². The van der Waals surface area contributed by atoms with Crippen molar-refractivity contribution in [2.45, 2.75) is 25.4 Å². The normalized spacial score (nSPS) is 18.7. The maximum absolute atomic E-state index is 10.8. The van der Waals surface area contributed by atoms with Crippen molar-refractivity contribution >= 4 is 37.9 Å². The van der Waals surface area contributed by atoms with Gasteiger partial charge in [-0.3, -0.25) is 15.0 Å². The molecule has 3 aromatic rings. The molecule has 1 fully saturated rings. The number of thiophene rings is 1. The highest BCUT2D eigenvalue weighted by atomic mass is 32.1. The highest BCUT2D eigenvalue weighted by Gasteiger charge is 2.29. The van der Waals surface area contributed by atoms with Gasteiger partial charge in [-0.15, -0.1) is 11.3 Å². The summed E-state index contributed by atoms with van der Waals surface area (Å²) in [6.45, 7) is 1.77. The predicted octanol–water partition coefficient (Wildman–Crippen LogP) is 4.60. The van der Waals surface area contributed by atoms with E-state index in [4.69, 9.17) is 4.98 Å². The lowest BCUT2D eigenvalue weighted by molar-refractivity contribution is -0.380. The summed E-state index contributed by atoms with van der Waals surface area (Å²) in [5.74, 6) is 0. The van der Waals surface area contributed by atoms with E-state index in [1.54, 1.807) is 17.4 Å². The Kier molecular flexibility index (Phi) is 3.84. The number of benzene rings is 1. The van der Waals surface area contributed by atoms with E-state index < -0.39 is 0 Å². The zero-order chi connectivity index (χ0) is 15.8. The molecule has 3 heterocycles. The lowest BCUT2D eigenvalue weighted by Crippen LogP contribution is -2.22. The van der Waals surface area contributed by atoms with E-state index in [2.05, 4.69) is 17.0 Å². The van der Waals surface area contributed by atoms with Gasteiger partial charge in [0, 0.05) is 18.0 Å². The van der Waals surface area contributed by atoms with Gasteiger partial charge in [0.05, 0.1) is 21.2 Å². The Bertz CT molecular complexity index is 825. The molecule has 2 aromatic heterocycles. The van der Waals surface area contributed by atoms with E-state index in [9.17, 15) is 10.1 Å². The number of hydrogen-bond acceptors (Lipinski definition) is 6. The molecule has 118 valence electrons. The topological polar surface area (TPSA) is 59.3 Å². The molecule has 0 saturated carbocycles. The number of thiazole rings is 1. The number of para-hydroxylation sites is 1. The van der Waals surface area contributed by atoms with Crippen LogP contribution in [-0.4, -0.2) is 21.4 Å². The molecular formula is C16H15N3O2S2. The maximum Gasteiger partial charge on any atom is 0.324 e. The number of nitro groups is 1. The average molecular weight is 345 g/mol. The fraction of sp³-hybridized carbons (Fsp3) is 0.312. The van der Waals surface area contributed by atoms with Crippen LogP contribution < -0.4 is 0 Å². The molecule has 0 spiro atoms. The first-order valence-corrected chi connectivity index (χ1v) is 9.21. The summed E-state index contributed by atoms with van der Waals surface area (Å²) < 4.78 is 1.22. The lowest BCUT2D eigenvalue weighted by Gasteiger charge is -2.21. The average Bonchev–Trinajstić information content (AvgIpc) is 3.25. The summed E-state index contributed by atoms with van der Waals surface area (Å²) in [5, 5.41) is 14.1. The van der Waals surface area contributed by atoms with Gasteiger partial charge in [-0.1, -0.05) is 23.5 Å². The van der Waals surface area contributed by atoms with Crippen LogP contribution in [0, 0.1) is 10.1 Å². The van der Waals surface area contributed by atoms with Gasteiger partial charge in [0.15, 0.2) is 0 Å². The van der Waals surface area contributed by atoms with Crippen LogP contribution in [0.15, 0.2) is 35.7 Å². The molecule has 0 amide bonds. The minimum Gasteiger partial charge on any atom is -0.290 e. The fourth-order valence-electron chi connectivity index (χ4n) is 3.10. The third kappa shape index (κ3) is 2.87. The van der Waals surface area contributed by atoms with Crippen LogP contribution in [0.5, 0.6) is 0 Å². The van der Waals surface area contributed by atoms with Gasteiger partial charge < -0.3 is 0 Å². The SMILES string of the molecule is O=[N+]([O-])c1cc(CN2CCC[C@H]2c2nc3ccccc3s2)cs1. The first-order chi connectivity index (χ1) is 11.2. The van der Waals surface area contributed by atoms with E-state index in [1.807, 2.05) is 17.5 Å². The molecule has 23 heavy (non-hydrogen) atoms. The summed E-state index contributed by atoms with van der Waals surface area (Å²) in [5.41, 5.74) is 2.08. The Morgan fingerprint density at radius 3 is 3.04 bits per heavy atom. The molecule has 0 bridgehead atoms. The monoisotopic (exact) mass is 345 g/mol. The molecule has 1 saturated heterocycles. The molecule has 0 radical (unpaired) electrons. The van der Waals surface area contributed by atoms with Crippen molar-refractivity contribution in [2.75, 3.05) is 6.54 Å². The Labute approximate surface area is 141 Å². The van der Waals surface area contributed by atoms with E-state index in [-0.39, 0.29) is 9.92 Å². The Morgan fingerprint density at radius 1 is 1.39 bits per heavy atom. The Hall–Kier alpha value is -1.83. The first kappa shape index (κ1) is 14.7. The van der Waals surface area contributed by atoms with Crippen LogP contribution in [0.25, 0.3) is 10.2 Å². The van der Waals surface area contributed by atoms with Gasteiger partial charge in [0.25, 0.3) is 0 Å². The molecule has 0 aliphatic carbocycles. The smallest absolute Gasteiger partial charge is 0.290 e. The van der Waals surface area contributed by atoms with Crippen molar-refractivity contribution in [1.29, 1.82) is 0 Å². The molecule has 1 atom stereocenters. The third-order valence-corrected chi connectivity index (χ3v) is 6.23. The number of nitrogens with zero attached hydrogens (tertiary/aromatic N) is 3. The highest BCUT2D eigenvalue weighted by molar-refractivity contribution is 7.18. The van der Waals surface area contributed by atoms with Crippen molar-refractivity contribution < 1.29 is 4.92 Å². The lowest BCUT2D eigenvalue weighted by atomic mass is 10.2. The molecule has 0 N–H and O–H groups in total. The largest absolute Gasteiger partial charge is 0.324 e. The second kappa shape index (κ2) is 5.99. The Balaban J connectivity index is 1.57. The molecule has 4 rings (SSSR count). The van der Waals surface area contributed by atoms with Crippen LogP contribution in [0.3, 0.4) is 0 Å². The fourth-order valence-corrected chi connectivity index (χ4v) is 4.96. The van der Waals surface area contributed by atoms with E-state index in [1.165, 1.54) is 16.0 Å². The predicted molar refractivity (Wildman–Crippen MR) is 93.0 cm³/mol. The minimum atomic E-state index is -0.316. The summed E-state index contributed by atoms with van der Waals surface area (Å²) in [7, 11) is 0. The zero-order valence-electron chi connectivity index (χ0n) is 12.3. The standard InChI is InChI=1S/C16H15N3O2S2/c20-19(21)15-8-11(10-22-15)9-18-7-3-5-13(18)16-17-12-4-1-2-6-14(12)23-16/h1-2,4,6,8,10,13H,3,5,7,9H2/t13-/m0/s1. The molecule has 1 aromatic carbocycles. The number of likely N-dealkylation sites (tertiary alicyclic amines) is 1. The quantitative estimate of drug-likeness (QED) is 0.512. The maximum atomic E-state index is 10.8. The molecule has 7 heteroatoms. The van der Waals surface area contributed by atoms with Crippen LogP contribution in [-0.2, 0) is 6.54 Å². The number of aromatic nitrogens is 1. The second-order valence-electron chi connectivity index (χ2n) is 5.70. The van der Waals surface area contributed by atoms with Crippen molar-refractivity contribution in [3.05, 3.63) is 56.4 Å². The Morgan fingerprint density at radius 2 is 2.26 bits per heavy atom. The van der Waals surface area contributed by atoms with Crippen molar-refractivity contribution in [3.8, 4) is 0 Å². The van der Waals surface area contributed by atoms with E-state index >= 15 is 0 Å². The summed E-state index contributed by atoms with van der Waals surface area (Å²) in [6.07, 6.45) is 2.25. The van der Waals surface area contributed by atoms with Gasteiger partial charge in [-0.05, 0) is 37.1 Å². The summed E-state index contributed by atoms with van der Waals surface area (Å²) in [4.78, 5) is 17.7. The van der Waals surface area contributed by atoms with Gasteiger partial charge >= 0.3 is 5.00 Å². The van der Waals surface area contributed by atoms with Crippen molar-refractivity contribution in [3.63, 3.8) is 0 Å². The van der Waals surface area contributed by atoms with Crippen LogP contribution in [0.2, 0.25) is 0 Å². The van der Waals surface area contributed by atoms with Gasteiger partial charge in [-0.25, -0.2) is 4.98 Å². The molecular weight excluding hydrogens is 330 g/mol. The van der Waals surface area contributed by atoms with Gasteiger partial charge in [-0.2, -0.15) is 0 Å². The molecule has 1 aliphatic rings. The van der Waals surface area contributed by atoms with Crippen LogP contribution in [0.4, 0.5) is 5.00 Å². The highest BCUT2D eigenvalue weighted by Crippen LogP contribution is 2.37. The zero-order valence-corrected chi connectivity index (χ0v) is 14.0. The van der Waals surface area contributed by atoms with Crippen LogP contribution in [0.1, 0.15) is 29.5 Å². The molecule has 1 aliphatic heterocycles. The third-order valence-electron chi connectivity index (χ3n) is 4.16. The van der Waals surface area contributed by atoms with E-state index in [0.717, 1.165) is 42.0 Å². The van der Waals surface area contributed by atoms with Gasteiger partial charge in [0.2, 0.25) is 0 Å². The second-order valence-corrected chi connectivity index (χ2v) is 7.65. The number of hydrogen-bond donors (Lipinski definition) is 0. The van der Waals surface area contributed by atoms with Crippen molar-refractivity contribution in [2.24, 2.45) is 0 Å². The van der Waals surface area contributed by atoms with Crippen molar-refractivity contribution in [1.82, 2.24) is 9.88 Å². The number of rotatable bonds is 4. The summed E-state index contributed by atoms with van der Waals surface area (Å²) >= 11 is 2.96. The number of fused-ring (bicyclic) bond motifs is 1. The van der Waals surface area contributed by atoms with Gasteiger partial charge in [0.1, 0.15) is 5.01 Å². The molecule has 5 nitrogen and oxygen atoms in total. The van der Waals surface area contributed by atoms with Crippen LogP contribution >= 0.6 is 22.7 Å². The minimum absolute atomic E-state index is 0.218. The summed E-state index contributed by atoms with van der Waals surface area (Å²) in [6, 6.07) is 10.2.